The summed E-state index contributed by atoms with van der Waals surface area (Å²) in [5.74, 6) is 2.32. The fourth-order valence-corrected chi connectivity index (χ4v) is 4.45. The quantitative estimate of drug-likeness (QED) is 0.534. The molecule has 0 amide bonds. The van der Waals surface area contributed by atoms with Crippen molar-refractivity contribution < 1.29 is 17.9 Å². The summed E-state index contributed by atoms with van der Waals surface area (Å²) in [5.41, 5.74) is 2.64. The predicted molar refractivity (Wildman–Crippen MR) is 121 cm³/mol. The minimum absolute atomic E-state index is 0.216. The fourth-order valence-electron chi connectivity index (χ4n) is 3.09. The number of benzene rings is 2. The van der Waals surface area contributed by atoms with Gasteiger partial charge in [-0.15, -0.1) is 0 Å². The van der Waals surface area contributed by atoms with Crippen LogP contribution >= 0.6 is 0 Å². The summed E-state index contributed by atoms with van der Waals surface area (Å²) < 4.78 is 39.1. The van der Waals surface area contributed by atoms with E-state index in [0.29, 0.717) is 41.1 Å². The molecule has 1 aromatic heterocycles. The van der Waals surface area contributed by atoms with Gasteiger partial charge in [-0.1, -0.05) is 0 Å². The molecular weight excluding hydrogens is 416 g/mol. The molecule has 164 valence electrons. The Morgan fingerprint density at radius 1 is 0.935 bits per heavy atom. The molecule has 0 aliphatic heterocycles. The third kappa shape index (κ3) is 5.24. The van der Waals surface area contributed by atoms with Crippen molar-refractivity contribution in [3.05, 3.63) is 59.4 Å². The SMILES string of the molecule is CCOc1cc(Nc2ccc(NS(=O)(=O)c3ccc(OC)c(C)c3C)cc2)nc(C)n1. The molecule has 1 heterocycles. The Morgan fingerprint density at radius 2 is 1.61 bits per heavy atom. The molecule has 0 radical (unpaired) electrons. The molecule has 0 saturated heterocycles. The smallest absolute Gasteiger partial charge is 0.262 e. The summed E-state index contributed by atoms with van der Waals surface area (Å²) in [4.78, 5) is 8.77. The summed E-state index contributed by atoms with van der Waals surface area (Å²) in [6.45, 7) is 7.78. The Morgan fingerprint density at radius 3 is 2.26 bits per heavy atom. The zero-order valence-corrected chi connectivity index (χ0v) is 19.0. The van der Waals surface area contributed by atoms with Gasteiger partial charge in [0.2, 0.25) is 5.88 Å². The van der Waals surface area contributed by atoms with Gasteiger partial charge in [0.15, 0.2) is 0 Å². The van der Waals surface area contributed by atoms with Crippen molar-refractivity contribution >= 4 is 27.2 Å². The van der Waals surface area contributed by atoms with E-state index in [1.807, 2.05) is 13.8 Å². The van der Waals surface area contributed by atoms with Crippen molar-refractivity contribution in [1.82, 2.24) is 9.97 Å². The van der Waals surface area contributed by atoms with Crippen LogP contribution in [0.2, 0.25) is 0 Å². The number of ether oxygens (including phenoxy) is 2. The number of aromatic nitrogens is 2. The molecule has 2 N–H and O–H groups in total. The van der Waals surface area contributed by atoms with Crippen molar-refractivity contribution in [2.24, 2.45) is 0 Å². The van der Waals surface area contributed by atoms with E-state index in [1.165, 1.54) is 0 Å². The average Bonchev–Trinajstić information content (AvgIpc) is 2.71. The number of anilines is 3. The molecule has 31 heavy (non-hydrogen) atoms. The Bertz CT molecular complexity index is 1180. The lowest BCUT2D eigenvalue weighted by Crippen LogP contribution is -2.15. The molecule has 3 rings (SSSR count). The Hall–Kier alpha value is -3.33. The predicted octanol–water partition coefficient (Wildman–Crippen LogP) is 4.35. The standard InChI is InChI=1S/C22H26N4O4S/c1-6-30-22-13-21(23-16(4)24-22)25-17-7-9-18(10-8-17)26-31(27,28)20-12-11-19(29-5)14(2)15(20)3/h7-13,26H,6H2,1-5H3,(H,23,24,25). The van der Waals surface area contributed by atoms with Gasteiger partial charge in [0.1, 0.15) is 17.4 Å². The van der Waals surface area contributed by atoms with E-state index >= 15 is 0 Å². The van der Waals surface area contributed by atoms with Gasteiger partial charge in [0.05, 0.1) is 18.6 Å². The van der Waals surface area contributed by atoms with Crippen molar-refractivity contribution in [2.45, 2.75) is 32.6 Å². The van der Waals surface area contributed by atoms with Gasteiger partial charge in [-0.2, -0.15) is 4.98 Å². The van der Waals surface area contributed by atoms with Crippen LogP contribution in [0.1, 0.15) is 23.9 Å². The van der Waals surface area contributed by atoms with Crippen molar-refractivity contribution in [2.75, 3.05) is 23.8 Å². The van der Waals surface area contributed by atoms with Crippen LogP contribution in [0.15, 0.2) is 47.4 Å². The van der Waals surface area contributed by atoms with Crippen LogP contribution in [-0.4, -0.2) is 32.1 Å². The number of sulfonamides is 1. The molecule has 9 heteroatoms. The lowest BCUT2D eigenvalue weighted by atomic mass is 10.1. The number of nitrogens with one attached hydrogen (secondary N) is 2. The van der Waals surface area contributed by atoms with E-state index in [-0.39, 0.29) is 4.90 Å². The molecule has 0 aliphatic carbocycles. The lowest BCUT2D eigenvalue weighted by Gasteiger charge is -2.14. The molecule has 0 aliphatic rings. The molecular formula is C22H26N4O4S. The molecule has 2 aromatic carbocycles. The second-order valence-electron chi connectivity index (χ2n) is 6.90. The molecule has 0 unspecified atom stereocenters. The normalized spacial score (nSPS) is 11.1. The average molecular weight is 443 g/mol. The maximum absolute atomic E-state index is 12.9. The summed E-state index contributed by atoms with van der Waals surface area (Å²) in [6, 6.07) is 11.8. The highest BCUT2D eigenvalue weighted by Crippen LogP contribution is 2.28. The molecule has 3 aromatic rings. The first-order valence-corrected chi connectivity index (χ1v) is 11.2. The van der Waals surface area contributed by atoms with E-state index < -0.39 is 10.0 Å². The highest BCUT2D eigenvalue weighted by Gasteiger charge is 2.19. The first kappa shape index (κ1) is 22.4. The number of nitrogens with zero attached hydrogens (tertiary/aromatic N) is 2. The minimum Gasteiger partial charge on any atom is -0.496 e. The number of hydrogen-bond donors (Lipinski definition) is 2. The van der Waals surface area contributed by atoms with Crippen molar-refractivity contribution in [3.63, 3.8) is 0 Å². The first-order valence-electron chi connectivity index (χ1n) is 9.76. The molecule has 0 atom stereocenters. The molecule has 0 spiro atoms. The Balaban J connectivity index is 1.77. The summed E-state index contributed by atoms with van der Waals surface area (Å²) >= 11 is 0. The van der Waals surface area contributed by atoms with Crippen LogP contribution in [0.5, 0.6) is 11.6 Å². The number of hydrogen-bond acceptors (Lipinski definition) is 7. The number of methoxy groups -OCH3 is 1. The molecule has 0 saturated carbocycles. The van der Waals surface area contributed by atoms with Gasteiger partial charge in [0.25, 0.3) is 10.0 Å². The van der Waals surface area contributed by atoms with Crippen LogP contribution in [0, 0.1) is 20.8 Å². The second kappa shape index (κ2) is 9.22. The van der Waals surface area contributed by atoms with E-state index in [4.69, 9.17) is 9.47 Å². The largest absolute Gasteiger partial charge is 0.496 e. The first-order chi connectivity index (χ1) is 14.7. The topological polar surface area (TPSA) is 102 Å². The summed E-state index contributed by atoms with van der Waals surface area (Å²) in [5, 5.41) is 3.17. The van der Waals surface area contributed by atoms with Crippen LogP contribution in [0.4, 0.5) is 17.2 Å². The fraction of sp³-hybridized carbons (Fsp3) is 0.273. The van der Waals surface area contributed by atoms with Crippen LogP contribution < -0.4 is 19.5 Å². The zero-order valence-electron chi connectivity index (χ0n) is 18.2. The number of rotatable bonds is 8. The van der Waals surface area contributed by atoms with Gasteiger partial charge >= 0.3 is 0 Å². The molecule has 8 nitrogen and oxygen atoms in total. The highest BCUT2D eigenvalue weighted by molar-refractivity contribution is 7.92. The van der Waals surface area contributed by atoms with E-state index in [1.54, 1.807) is 63.4 Å². The van der Waals surface area contributed by atoms with Gasteiger partial charge in [-0.25, -0.2) is 13.4 Å². The van der Waals surface area contributed by atoms with Gasteiger partial charge in [-0.3, -0.25) is 4.72 Å². The van der Waals surface area contributed by atoms with Gasteiger partial charge in [-0.05, 0) is 75.2 Å². The number of aryl methyl sites for hydroxylation is 1. The lowest BCUT2D eigenvalue weighted by molar-refractivity contribution is 0.325. The van der Waals surface area contributed by atoms with Gasteiger partial charge in [0, 0.05) is 17.4 Å². The Labute approximate surface area is 182 Å². The maximum Gasteiger partial charge on any atom is 0.262 e. The highest BCUT2D eigenvalue weighted by atomic mass is 32.2. The van der Waals surface area contributed by atoms with Crippen molar-refractivity contribution in [1.29, 1.82) is 0 Å². The maximum atomic E-state index is 12.9. The van der Waals surface area contributed by atoms with E-state index in [0.717, 1.165) is 11.3 Å². The third-order valence-corrected chi connectivity index (χ3v) is 6.24. The summed E-state index contributed by atoms with van der Waals surface area (Å²) in [7, 11) is -2.18. The van der Waals surface area contributed by atoms with Crippen LogP contribution in [-0.2, 0) is 10.0 Å². The van der Waals surface area contributed by atoms with Crippen LogP contribution in [0.3, 0.4) is 0 Å². The van der Waals surface area contributed by atoms with Crippen LogP contribution in [0.25, 0.3) is 0 Å². The van der Waals surface area contributed by atoms with E-state index in [9.17, 15) is 8.42 Å². The summed E-state index contributed by atoms with van der Waals surface area (Å²) in [6.07, 6.45) is 0. The third-order valence-electron chi connectivity index (χ3n) is 4.71. The second-order valence-corrected chi connectivity index (χ2v) is 8.55. The van der Waals surface area contributed by atoms with E-state index in [2.05, 4.69) is 20.0 Å². The molecule has 0 fully saturated rings. The monoisotopic (exact) mass is 442 g/mol. The minimum atomic E-state index is -3.74. The zero-order chi connectivity index (χ0) is 22.6. The van der Waals surface area contributed by atoms with Crippen molar-refractivity contribution in [3.8, 4) is 11.6 Å². The van der Waals surface area contributed by atoms with Gasteiger partial charge < -0.3 is 14.8 Å². The molecule has 0 bridgehead atoms. The Kier molecular flexibility index (Phi) is 6.65.